The number of carbonyl (C=O) groups excluding carboxylic acids is 3. The summed E-state index contributed by atoms with van der Waals surface area (Å²) in [6, 6.07) is 1.80. The SMILES string of the molecule is NC(=O)[C@@H](NC(C1CC1)C1CC1)C(=O)Nc1ccc(N2CCOCC2=O)c(C(F)(F)F)c1. The number of hydrogen-bond acceptors (Lipinski definition) is 5. The van der Waals surface area contributed by atoms with Crippen LogP contribution in [0.25, 0.3) is 0 Å². The zero-order chi connectivity index (χ0) is 23.0. The van der Waals surface area contributed by atoms with Crippen LogP contribution < -0.4 is 21.3 Å². The third-order valence-corrected chi connectivity index (χ3v) is 6.01. The summed E-state index contributed by atoms with van der Waals surface area (Å²) in [5, 5.41) is 5.41. The molecule has 0 aromatic heterocycles. The van der Waals surface area contributed by atoms with Crippen LogP contribution in [-0.4, -0.2) is 49.6 Å². The van der Waals surface area contributed by atoms with E-state index in [-0.39, 0.29) is 37.2 Å². The number of carbonyl (C=O) groups is 3. The molecular weight excluding hydrogens is 429 g/mol. The molecule has 3 fully saturated rings. The maximum absolute atomic E-state index is 13.7. The minimum absolute atomic E-state index is 0.00121. The van der Waals surface area contributed by atoms with Crippen LogP contribution in [-0.2, 0) is 25.3 Å². The van der Waals surface area contributed by atoms with Gasteiger partial charge in [0, 0.05) is 18.3 Å². The van der Waals surface area contributed by atoms with Gasteiger partial charge in [0.1, 0.15) is 6.61 Å². The molecule has 1 aromatic carbocycles. The molecule has 11 heteroatoms. The lowest BCUT2D eigenvalue weighted by Crippen LogP contribution is -2.54. The van der Waals surface area contributed by atoms with Crippen LogP contribution in [0.1, 0.15) is 31.2 Å². The smallest absolute Gasteiger partial charge is 0.370 e. The second-order valence-corrected chi connectivity index (χ2v) is 8.52. The fraction of sp³-hybridized carbons (Fsp3) is 0.571. The molecule has 8 nitrogen and oxygen atoms in total. The van der Waals surface area contributed by atoms with Crippen LogP contribution in [0.5, 0.6) is 0 Å². The second-order valence-electron chi connectivity index (χ2n) is 8.52. The minimum atomic E-state index is -4.76. The van der Waals surface area contributed by atoms with Crippen molar-refractivity contribution in [2.75, 3.05) is 30.0 Å². The van der Waals surface area contributed by atoms with E-state index in [4.69, 9.17) is 10.5 Å². The van der Waals surface area contributed by atoms with E-state index in [1.165, 1.54) is 6.07 Å². The number of amides is 3. The van der Waals surface area contributed by atoms with Crippen LogP contribution >= 0.6 is 0 Å². The fourth-order valence-corrected chi connectivity index (χ4v) is 4.11. The zero-order valence-corrected chi connectivity index (χ0v) is 17.3. The van der Waals surface area contributed by atoms with E-state index in [0.717, 1.165) is 42.7 Å². The Morgan fingerprint density at radius 1 is 1.16 bits per heavy atom. The highest BCUT2D eigenvalue weighted by Gasteiger charge is 2.44. The number of nitrogens with two attached hydrogens (primary N) is 1. The van der Waals surface area contributed by atoms with Crippen molar-refractivity contribution in [3.05, 3.63) is 23.8 Å². The third-order valence-electron chi connectivity index (χ3n) is 6.01. The van der Waals surface area contributed by atoms with E-state index in [1.807, 2.05) is 0 Å². The van der Waals surface area contributed by atoms with Gasteiger partial charge < -0.3 is 20.7 Å². The van der Waals surface area contributed by atoms with E-state index in [0.29, 0.717) is 11.8 Å². The van der Waals surface area contributed by atoms with Gasteiger partial charge in [0.15, 0.2) is 6.04 Å². The molecule has 0 bridgehead atoms. The van der Waals surface area contributed by atoms with Crippen LogP contribution in [0, 0.1) is 11.8 Å². The Kier molecular flexibility index (Phi) is 6.13. The highest BCUT2D eigenvalue weighted by Crippen LogP contribution is 2.44. The predicted molar refractivity (Wildman–Crippen MR) is 109 cm³/mol. The maximum atomic E-state index is 13.7. The average Bonchev–Trinajstić information content (AvgIpc) is 3.62. The molecule has 1 aromatic rings. The number of benzene rings is 1. The van der Waals surface area contributed by atoms with Crippen molar-refractivity contribution in [2.24, 2.45) is 17.6 Å². The lowest BCUT2D eigenvalue weighted by Gasteiger charge is -2.29. The number of morpholine rings is 1. The van der Waals surface area contributed by atoms with Crippen LogP contribution in [0.4, 0.5) is 24.5 Å². The van der Waals surface area contributed by atoms with Crippen molar-refractivity contribution in [1.29, 1.82) is 0 Å². The molecule has 4 rings (SSSR count). The molecule has 1 saturated heterocycles. The Morgan fingerprint density at radius 2 is 1.81 bits per heavy atom. The van der Waals surface area contributed by atoms with Gasteiger partial charge >= 0.3 is 6.18 Å². The lowest BCUT2D eigenvalue weighted by molar-refractivity contribution is -0.137. The van der Waals surface area contributed by atoms with E-state index >= 15 is 0 Å². The van der Waals surface area contributed by atoms with Crippen molar-refractivity contribution >= 4 is 29.1 Å². The normalized spacial score (nSPS) is 20.4. The Bertz CT molecular complexity index is 903. The van der Waals surface area contributed by atoms with Crippen molar-refractivity contribution in [3.8, 4) is 0 Å². The van der Waals surface area contributed by atoms with Gasteiger partial charge in [0.2, 0.25) is 5.91 Å². The first-order chi connectivity index (χ1) is 15.1. The Balaban J connectivity index is 1.53. The molecule has 2 saturated carbocycles. The molecule has 3 amide bonds. The van der Waals surface area contributed by atoms with Crippen molar-refractivity contribution in [2.45, 2.75) is 43.9 Å². The quantitative estimate of drug-likeness (QED) is 0.517. The Hall–Kier alpha value is -2.66. The molecule has 2 aliphatic carbocycles. The first kappa shape index (κ1) is 22.5. The van der Waals surface area contributed by atoms with Gasteiger partial charge in [-0.05, 0) is 55.7 Å². The summed E-state index contributed by atoms with van der Waals surface area (Å²) in [5.41, 5.74) is 3.90. The highest BCUT2D eigenvalue weighted by molar-refractivity contribution is 6.09. The zero-order valence-electron chi connectivity index (χ0n) is 17.3. The molecule has 0 unspecified atom stereocenters. The number of rotatable bonds is 8. The Morgan fingerprint density at radius 3 is 2.34 bits per heavy atom. The number of ether oxygens (including phenoxy) is 1. The highest BCUT2D eigenvalue weighted by atomic mass is 19.4. The predicted octanol–water partition coefficient (Wildman–Crippen LogP) is 1.64. The van der Waals surface area contributed by atoms with Crippen molar-refractivity contribution in [3.63, 3.8) is 0 Å². The number of nitrogens with zero attached hydrogens (tertiary/aromatic N) is 1. The van der Waals surface area contributed by atoms with E-state index in [1.54, 1.807) is 0 Å². The maximum Gasteiger partial charge on any atom is 0.418 e. The summed E-state index contributed by atoms with van der Waals surface area (Å²) in [6.07, 6.45) is -0.717. The number of halogens is 3. The number of nitrogens with one attached hydrogen (secondary N) is 2. The number of primary amides is 1. The van der Waals surface area contributed by atoms with Gasteiger partial charge in [-0.25, -0.2) is 0 Å². The molecule has 0 spiro atoms. The molecule has 174 valence electrons. The average molecular weight is 454 g/mol. The first-order valence-electron chi connectivity index (χ1n) is 10.6. The minimum Gasteiger partial charge on any atom is -0.370 e. The number of anilines is 2. The largest absolute Gasteiger partial charge is 0.418 e. The first-order valence-corrected chi connectivity index (χ1v) is 10.6. The summed E-state index contributed by atoms with van der Waals surface area (Å²) < 4.78 is 46.2. The standard InChI is InChI=1S/C21H25F3N4O4/c22-21(23,24)14-9-13(5-6-15(14)28-7-8-32-10-16(28)29)26-20(31)18(19(25)30)27-17(11-1-2-11)12-3-4-12/h5-6,9,11-12,17-18,27H,1-4,7-8,10H2,(H2,25,30)(H,26,31)/t18-/m1/s1. The molecule has 1 atom stereocenters. The molecule has 1 heterocycles. The van der Waals surface area contributed by atoms with E-state index < -0.39 is 35.5 Å². The summed E-state index contributed by atoms with van der Waals surface area (Å²) in [6.45, 7) is -0.188. The van der Waals surface area contributed by atoms with Gasteiger partial charge in [-0.15, -0.1) is 0 Å². The van der Waals surface area contributed by atoms with Gasteiger partial charge in [0.05, 0.1) is 17.9 Å². The lowest BCUT2D eigenvalue weighted by atomic mass is 10.1. The van der Waals surface area contributed by atoms with Crippen LogP contribution in [0.3, 0.4) is 0 Å². The third kappa shape index (κ3) is 5.04. The van der Waals surface area contributed by atoms with Crippen LogP contribution in [0.15, 0.2) is 18.2 Å². The molecular formula is C21H25F3N4O4. The number of hydrogen-bond donors (Lipinski definition) is 3. The van der Waals surface area contributed by atoms with Gasteiger partial charge in [0.25, 0.3) is 11.8 Å². The van der Waals surface area contributed by atoms with Gasteiger partial charge in [-0.2, -0.15) is 13.2 Å². The monoisotopic (exact) mass is 454 g/mol. The topological polar surface area (TPSA) is 114 Å². The summed E-state index contributed by atoms with van der Waals surface area (Å²) in [4.78, 5) is 37.7. The van der Waals surface area contributed by atoms with Crippen LogP contribution in [0.2, 0.25) is 0 Å². The van der Waals surface area contributed by atoms with E-state index in [9.17, 15) is 27.6 Å². The second kappa shape index (κ2) is 8.70. The van der Waals surface area contributed by atoms with E-state index in [2.05, 4.69) is 10.6 Å². The fourth-order valence-electron chi connectivity index (χ4n) is 4.11. The molecule has 3 aliphatic rings. The summed E-state index contributed by atoms with van der Waals surface area (Å²) >= 11 is 0. The van der Waals surface area contributed by atoms with Crippen molar-refractivity contribution in [1.82, 2.24) is 5.32 Å². The molecule has 0 radical (unpaired) electrons. The summed E-state index contributed by atoms with van der Waals surface area (Å²) in [5.74, 6) is -1.51. The molecule has 4 N–H and O–H groups in total. The Labute approximate surface area is 182 Å². The van der Waals surface area contributed by atoms with Crippen molar-refractivity contribution < 1.29 is 32.3 Å². The number of alkyl halides is 3. The van der Waals surface area contributed by atoms with Gasteiger partial charge in [-0.1, -0.05) is 0 Å². The molecule has 1 aliphatic heterocycles. The van der Waals surface area contributed by atoms with Gasteiger partial charge in [-0.3, -0.25) is 19.7 Å². The molecule has 32 heavy (non-hydrogen) atoms. The summed E-state index contributed by atoms with van der Waals surface area (Å²) in [7, 11) is 0.